The van der Waals surface area contributed by atoms with Gasteiger partial charge < -0.3 is 0 Å². The van der Waals surface area contributed by atoms with Crippen molar-refractivity contribution >= 4 is 23.3 Å². The third kappa shape index (κ3) is 2.21. The van der Waals surface area contributed by atoms with Crippen LogP contribution in [0, 0.1) is 5.82 Å². The minimum atomic E-state index is -0.589. The van der Waals surface area contributed by atoms with E-state index in [2.05, 4.69) is 12.0 Å². The van der Waals surface area contributed by atoms with E-state index in [0.29, 0.717) is 5.82 Å². The maximum atomic E-state index is 13.6. The van der Waals surface area contributed by atoms with Crippen LogP contribution >= 0.6 is 11.6 Å². The van der Waals surface area contributed by atoms with Gasteiger partial charge in [0, 0.05) is 12.1 Å². The molecule has 0 saturated carbocycles. The molecular weight excluding hydrogens is 293 g/mol. The van der Waals surface area contributed by atoms with Crippen LogP contribution in [0.25, 0.3) is 0 Å². The summed E-state index contributed by atoms with van der Waals surface area (Å²) in [7, 11) is 0. The molecule has 2 heterocycles. The Morgan fingerprint density at radius 3 is 2.86 bits per heavy atom. The minimum absolute atomic E-state index is 0.00367. The molecule has 1 aliphatic heterocycles. The Hall–Kier alpha value is -1.88. The Kier molecular flexibility index (Phi) is 3.45. The van der Waals surface area contributed by atoms with Crippen molar-refractivity contribution in [2.24, 2.45) is 0 Å². The highest BCUT2D eigenvalue weighted by Crippen LogP contribution is 2.33. The fourth-order valence-corrected chi connectivity index (χ4v) is 3.07. The fourth-order valence-electron chi connectivity index (χ4n) is 2.87. The van der Waals surface area contributed by atoms with Crippen molar-refractivity contribution in [1.82, 2.24) is 9.78 Å². The first-order valence-electron chi connectivity index (χ1n) is 6.81. The van der Waals surface area contributed by atoms with Crippen LogP contribution in [-0.2, 0) is 0 Å². The monoisotopic (exact) mass is 307 g/mol. The first-order chi connectivity index (χ1) is 10.0. The lowest BCUT2D eigenvalue weighted by Gasteiger charge is -2.37. The lowest BCUT2D eigenvalue weighted by atomic mass is 10.0. The Bertz CT molecular complexity index is 700. The van der Waals surface area contributed by atoms with Gasteiger partial charge in [-0.15, -0.1) is 0 Å². The minimum Gasteiger partial charge on any atom is -0.290 e. The van der Waals surface area contributed by atoms with E-state index in [1.807, 2.05) is 11.6 Å². The van der Waals surface area contributed by atoms with Crippen LogP contribution in [0.1, 0.15) is 36.7 Å². The molecule has 3 rings (SSSR count). The number of hydrogen-bond donors (Lipinski definition) is 0. The van der Waals surface area contributed by atoms with Gasteiger partial charge in [-0.05, 0) is 32.4 Å². The number of nitrogens with zero attached hydrogens (tertiary/aromatic N) is 3. The van der Waals surface area contributed by atoms with Gasteiger partial charge in [0.05, 0.1) is 22.8 Å². The highest BCUT2D eigenvalue weighted by Gasteiger charge is 2.33. The summed E-state index contributed by atoms with van der Waals surface area (Å²) in [5.74, 6) is -0.179. The Morgan fingerprint density at radius 1 is 1.33 bits per heavy atom. The predicted molar refractivity (Wildman–Crippen MR) is 79.2 cm³/mol. The van der Waals surface area contributed by atoms with Crippen molar-refractivity contribution < 1.29 is 9.18 Å². The van der Waals surface area contributed by atoms with Crippen LogP contribution in [0.15, 0.2) is 30.5 Å². The zero-order chi connectivity index (χ0) is 15.1. The molecule has 0 spiro atoms. The molecule has 0 fully saturated rings. The van der Waals surface area contributed by atoms with Crippen molar-refractivity contribution in [3.8, 4) is 0 Å². The normalized spacial score (nSPS) is 21.2. The third-order valence-corrected chi connectivity index (χ3v) is 4.22. The van der Waals surface area contributed by atoms with Gasteiger partial charge in [0.25, 0.3) is 5.91 Å². The lowest BCUT2D eigenvalue weighted by Crippen LogP contribution is -2.45. The van der Waals surface area contributed by atoms with Crippen molar-refractivity contribution in [1.29, 1.82) is 0 Å². The summed E-state index contributed by atoms with van der Waals surface area (Å²) >= 11 is 5.94. The van der Waals surface area contributed by atoms with Gasteiger partial charge >= 0.3 is 0 Å². The van der Waals surface area contributed by atoms with E-state index in [1.54, 1.807) is 23.2 Å². The zero-order valence-corrected chi connectivity index (χ0v) is 12.5. The number of amides is 1. The van der Waals surface area contributed by atoms with E-state index in [4.69, 9.17) is 11.6 Å². The summed E-state index contributed by atoms with van der Waals surface area (Å²) in [5.41, 5.74) is 0.172. The molecule has 2 atom stereocenters. The van der Waals surface area contributed by atoms with Gasteiger partial charge in [-0.1, -0.05) is 17.7 Å². The lowest BCUT2D eigenvalue weighted by molar-refractivity contribution is 0.0966. The number of benzene rings is 1. The first-order valence-corrected chi connectivity index (χ1v) is 7.19. The summed E-state index contributed by atoms with van der Waals surface area (Å²) in [6, 6.07) is 6.28. The van der Waals surface area contributed by atoms with Crippen LogP contribution in [0.3, 0.4) is 0 Å². The molecule has 0 aliphatic carbocycles. The molecule has 1 aliphatic rings. The predicted octanol–water partition coefficient (Wildman–Crippen LogP) is 3.68. The van der Waals surface area contributed by atoms with E-state index >= 15 is 0 Å². The second-order valence-corrected chi connectivity index (χ2v) is 5.72. The van der Waals surface area contributed by atoms with Crippen molar-refractivity contribution in [2.75, 3.05) is 4.90 Å². The standard InChI is InChI=1S/C15H15ClFN3O/c1-9-8-10(2)20-13(6-7-18-20)19(9)15(21)11-4-3-5-12(17)14(11)16/h3-7,9-10H,8H2,1-2H3/t9-,10+/m0/s1. The molecule has 21 heavy (non-hydrogen) atoms. The Balaban J connectivity index is 2.06. The molecule has 0 saturated heterocycles. The largest absolute Gasteiger partial charge is 0.290 e. The van der Waals surface area contributed by atoms with E-state index in [1.165, 1.54) is 12.1 Å². The highest BCUT2D eigenvalue weighted by atomic mass is 35.5. The number of aromatic nitrogens is 2. The number of hydrogen-bond acceptors (Lipinski definition) is 2. The van der Waals surface area contributed by atoms with Gasteiger partial charge in [0.1, 0.15) is 11.6 Å². The average Bonchev–Trinajstić information content (AvgIpc) is 2.91. The van der Waals surface area contributed by atoms with Crippen LogP contribution in [0.4, 0.5) is 10.2 Å². The summed E-state index contributed by atoms with van der Waals surface area (Å²) < 4.78 is 15.4. The van der Waals surface area contributed by atoms with Crippen molar-refractivity contribution in [2.45, 2.75) is 32.4 Å². The van der Waals surface area contributed by atoms with Crippen LogP contribution < -0.4 is 4.90 Å². The number of carbonyl (C=O) groups excluding carboxylic acids is 1. The molecule has 1 aromatic carbocycles. The molecule has 0 bridgehead atoms. The van der Waals surface area contributed by atoms with Gasteiger partial charge in [-0.2, -0.15) is 5.10 Å². The van der Waals surface area contributed by atoms with Crippen molar-refractivity contribution in [3.63, 3.8) is 0 Å². The molecule has 6 heteroatoms. The molecule has 110 valence electrons. The highest BCUT2D eigenvalue weighted by molar-refractivity contribution is 6.34. The average molecular weight is 308 g/mol. The number of halogens is 2. The maximum Gasteiger partial charge on any atom is 0.261 e. The van der Waals surface area contributed by atoms with Crippen LogP contribution in [0.2, 0.25) is 5.02 Å². The van der Waals surface area contributed by atoms with Crippen LogP contribution in [0.5, 0.6) is 0 Å². The zero-order valence-electron chi connectivity index (χ0n) is 11.8. The summed E-state index contributed by atoms with van der Waals surface area (Å²) in [5, 5.41) is 4.11. The first kappa shape index (κ1) is 14.1. The molecule has 4 nitrogen and oxygen atoms in total. The summed E-state index contributed by atoms with van der Waals surface area (Å²) in [6.07, 6.45) is 2.45. The molecule has 1 aromatic heterocycles. The molecule has 1 amide bonds. The van der Waals surface area contributed by atoms with E-state index in [-0.39, 0.29) is 28.6 Å². The van der Waals surface area contributed by atoms with Gasteiger partial charge in [-0.3, -0.25) is 9.69 Å². The number of fused-ring (bicyclic) bond motifs is 1. The van der Waals surface area contributed by atoms with E-state index < -0.39 is 5.82 Å². The van der Waals surface area contributed by atoms with Gasteiger partial charge in [0.2, 0.25) is 0 Å². The van der Waals surface area contributed by atoms with Crippen molar-refractivity contribution in [3.05, 3.63) is 46.9 Å². The maximum absolute atomic E-state index is 13.6. The van der Waals surface area contributed by atoms with Crippen LogP contribution in [-0.4, -0.2) is 21.7 Å². The number of rotatable bonds is 1. The summed E-state index contributed by atoms with van der Waals surface area (Å²) in [6.45, 7) is 4.03. The third-order valence-electron chi connectivity index (χ3n) is 3.84. The molecule has 0 N–H and O–H groups in total. The van der Waals surface area contributed by atoms with Gasteiger partial charge in [-0.25, -0.2) is 9.07 Å². The SMILES string of the molecule is C[C@@H]1C[C@H](C)N(C(=O)c2cccc(F)c2Cl)c2ccnn21. The van der Waals surface area contributed by atoms with E-state index in [9.17, 15) is 9.18 Å². The van der Waals surface area contributed by atoms with E-state index in [0.717, 1.165) is 6.42 Å². The molecule has 0 unspecified atom stereocenters. The van der Waals surface area contributed by atoms with Gasteiger partial charge in [0.15, 0.2) is 0 Å². The summed E-state index contributed by atoms with van der Waals surface area (Å²) in [4.78, 5) is 14.4. The topological polar surface area (TPSA) is 38.1 Å². The Morgan fingerprint density at radius 2 is 2.10 bits per heavy atom. The number of anilines is 1. The quantitative estimate of drug-likeness (QED) is 0.806. The number of carbonyl (C=O) groups is 1. The second-order valence-electron chi connectivity index (χ2n) is 5.34. The molecule has 0 radical (unpaired) electrons. The molecular formula is C15H15ClFN3O. The Labute approximate surface area is 127 Å². The smallest absolute Gasteiger partial charge is 0.261 e. The second kappa shape index (κ2) is 5.15. The fraction of sp³-hybridized carbons (Fsp3) is 0.333. The molecule has 2 aromatic rings.